The molecule has 0 aliphatic heterocycles. The molecule has 0 heterocycles. The van der Waals surface area contributed by atoms with Crippen LogP contribution in [0.15, 0.2) is 61.2 Å². The highest BCUT2D eigenvalue weighted by molar-refractivity contribution is 5.87. The summed E-state index contributed by atoms with van der Waals surface area (Å²) in [6.45, 7) is 4.70. The summed E-state index contributed by atoms with van der Waals surface area (Å²) >= 11 is 0. The zero-order valence-corrected chi connectivity index (χ0v) is 21.4. The van der Waals surface area contributed by atoms with Gasteiger partial charge in [-0.15, -0.1) is 6.58 Å². The van der Waals surface area contributed by atoms with Crippen molar-refractivity contribution in [1.82, 2.24) is 0 Å². The second kappa shape index (κ2) is 14.9. The largest absolute Gasteiger partial charge is 0.462 e. The summed E-state index contributed by atoms with van der Waals surface area (Å²) in [5.74, 6) is -0.255. The topological polar surface area (TPSA) is 114 Å². The highest BCUT2D eigenvalue weighted by Gasteiger charge is 2.28. The number of allylic oxidation sites excluding steroid dienone is 1. The van der Waals surface area contributed by atoms with Gasteiger partial charge in [-0.05, 0) is 92.5 Å². The first-order chi connectivity index (χ1) is 17.9. The fourth-order valence-electron chi connectivity index (χ4n) is 4.27. The molecule has 37 heavy (non-hydrogen) atoms. The lowest BCUT2D eigenvalue weighted by Crippen LogP contribution is -2.29. The molecule has 7 heteroatoms. The Morgan fingerprint density at radius 2 is 1.73 bits per heavy atom. The van der Waals surface area contributed by atoms with Crippen LogP contribution >= 0.6 is 0 Å². The Bertz CT molecular complexity index is 1060. The molecule has 0 spiro atoms. The van der Waals surface area contributed by atoms with Gasteiger partial charge in [-0.3, -0.25) is 4.79 Å². The molecular weight excluding hydrogens is 468 g/mol. The monoisotopic (exact) mass is 506 g/mol. The number of anilines is 2. The average molecular weight is 507 g/mol. The van der Waals surface area contributed by atoms with Crippen molar-refractivity contribution in [3.63, 3.8) is 0 Å². The van der Waals surface area contributed by atoms with Crippen LogP contribution in [0.2, 0.25) is 0 Å². The van der Waals surface area contributed by atoms with Crippen LogP contribution in [-0.4, -0.2) is 31.3 Å². The Balaban J connectivity index is 1.35. The van der Waals surface area contributed by atoms with Gasteiger partial charge in [0.25, 0.3) is 0 Å². The van der Waals surface area contributed by atoms with E-state index in [0.717, 1.165) is 62.7 Å². The number of rotatable bonds is 13. The summed E-state index contributed by atoms with van der Waals surface area (Å²) in [7, 11) is 0. The number of carbonyl (C=O) groups is 2. The SMILES string of the molecule is C=CCCCCOC1CCC(C(=O)Oc2ccc(/C=C/C(=O)OCCc3cc(N)ccc3N)cc2)CC1. The van der Waals surface area contributed by atoms with Crippen molar-refractivity contribution >= 4 is 29.4 Å². The standard InChI is InChI=1S/C30H38N2O5/c1-2-3-4-5-19-35-26-14-9-23(10-15-26)30(34)37-27-12-6-22(7-13-27)8-17-29(33)36-20-18-24-21-25(31)11-16-28(24)32/h2,6-8,11-13,16-17,21,23,26H,1,3-5,9-10,14-15,18-20,31-32H2/b17-8+. The summed E-state index contributed by atoms with van der Waals surface area (Å²) in [6, 6.07) is 12.3. The van der Waals surface area contributed by atoms with Gasteiger partial charge in [-0.2, -0.15) is 0 Å². The van der Waals surface area contributed by atoms with Crippen LogP contribution < -0.4 is 16.2 Å². The number of benzene rings is 2. The van der Waals surface area contributed by atoms with Crippen molar-refractivity contribution in [2.75, 3.05) is 24.7 Å². The predicted octanol–water partition coefficient (Wildman–Crippen LogP) is 5.49. The molecular formula is C30H38N2O5. The minimum atomic E-state index is -0.450. The Hall–Kier alpha value is -3.58. The summed E-state index contributed by atoms with van der Waals surface area (Å²) in [4.78, 5) is 24.6. The quantitative estimate of drug-likeness (QED) is 0.0922. The van der Waals surface area contributed by atoms with Crippen molar-refractivity contribution in [1.29, 1.82) is 0 Å². The van der Waals surface area contributed by atoms with Crippen molar-refractivity contribution in [3.05, 3.63) is 72.3 Å². The Morgan fingerprint density at radius 3 is 2.46 bits per heavy atom. The third-order valence-electron chi connectivity index (χ3n) is 6.46. The van der Waals surface area contributed by atoms with Crippen LogP contribution in [0.4, 0.5) is 11.4 Å². The highest BCUT2D eigenvalue weighted by atomic mass is 16.5. The number of carbonyl (C=O) groups excluding carboxylic acids is 2. The number of esters is 2. The minimum Gasteiger partial charge on any atom is -0.462 e. The summed E-state index contributed by atoms with van der Waals surface area (Å²) in [5.41, 5.74) is 14.6. The molecule has 2 aromatic carbocycles. The van der Waals surface area contributed by atoms with Gasteiger partial charge < -0.3 is 25.7 Å². The van der Waals surface area contributed by atoms with Gasteiger partial charge in [0.15, 0.2) is 0 Å². The van der Waals surface area contributed by atoms with Crippen LogP contribution in [-0.2, 0) is 25.5 Å². The molecule has 1 fully saturated rings. The van der Waals surface area contributed by atoms with Crippen molar-refractivity contribution in [3.8, 4) is 5.75 Å². The maximum atomic E-state index is 12.6. The number of hydrogen-bond acceptors (Lipinski definition) is 7. The van der Waals surface area contributed by atoms with E-state index in [9.17, 15) is 9.59 Å². The number of nitrogens with two attached hydrogens (primary N) is 2. The van der Waals surface area contributed by atoms with E-state index in [2.05, 4.69) is 6.58 Å². The second-order valence-electron chi connectivity index (χ2n) is 9.33. The lowest BCUT2D eigenvalue weighted by molar-refractivity contribution is -0.141. The van der Waals surface area contributed by atoms with E-state index >= 15 is 0 Å². The van der Waals surface area contributed by atoms with Gasteiger partial charge in [0.2, 0.25) is 0 Å². The van der Waals surface area contributed by atoms with Gasteiger partial charge in [0, 0.05) is 30.5 Å². The number of nitrogen functional groups attached to an aromatic ring is 2. The number of hydrogen-bond donors (Lipinski definition) is 2. The second-order valence-corrected chi connectivity index (χ2v) is 9.33. The van der Waals surface area contributed by atoms with E-state index in [4.69, 9.17) is 25.7 Å². The van der Waals surface area contributed by atoms with Crippen molar-refractivity contribution < 1.29 is 23.8 Å². The zero-order valence-electron chi connectivity index (χ0n) is 21.4. The lowest BCUT2D eigenvalue weighted by atomic mass is 9.87. The van der Waals surface area contributed by atoms with Gasteiger partial charge in [0.05, 0.1) is 18.6 Å². The Kier molecular flexibility index (Phi) is 11.2. The maximum absolute atomic E-state index is 12.6. The van der Waals surface area contributed by atoms with E-state index in [1.807, 2.05) is 6.08 Å². The van der Waals surface area contributed by atoms with Crippen molar-refractivity contribution in [2.24, 2.45) is 5.92 Å². The van der Waals surface area contributed by atoms with Gasteiger partial charge in [0.1, 0.15) is 5.75 Å². The predicted molar refractivity (Wildman–Crippen MR) is 147 cm³/mol. The molecule has 1 saturated carbocycles. The zero-order chi connectivity index (χ0) is 26.5. The smallest absolute Gasteiger partial charge is 0.330 e. The van der Waals surface area contributed by atoms with Gasteiger partial charge >= 0.3 is 11.9 Å². The number of ether oxygens (including phenoxy) is 3. The minimum absolute atomic E-state index is 0.0994. The molecule has 3 rings (SSSR count). The molecule has 0 amide bonds. The van der Waals surface area contributed by atoms with E-state index in [0.29, 0.717) is 23.5 Å². The van der Waals surface area contributed by atoms with Crippen LogP contribution in [0.3, 0.4) is 0 Å². The first-order valence-corrected chi connectivity index (χ1v) is 13.0. The highest BCUT2D eigenvalue weighted by Crippen LogP contribution is 2.28. The Labute approximate surface area is 219 Å². The molecule has 0 unspecified atom stereocenters. The maximum Gasteiger partial charge on any atom is 0.330 e. The molecule has 2 aromatic rings. The molecule has 0 radical (unpaired) electrons. The fraction of sp³-hybridized carbons (Fsp3) is 0.400. The van der Waals surface area contributed by atoms with Crippen LogP contribution in [0.25, 0.3) is 6.08 Å². The molecule has 0 saturated heterocycles. The van der Waals surface area contributed by atoms with E-state index in [1.165, 1.54) is 6.08 Å². The normalized spacial score (nSPS) is 17.4. The number of unbranched alkanes of at least 4 members (excludes halogenated alkanes) is 2. The van der Waals surface area contributed by atoms with Gasteiger partial charge in [-0.25, -0.2) is 4.79 Å². The summed E-state index contributed by atoms with van der Waals surface area (Å²) in [6.07, 6.45) is 12.2. The molecule has 1 aliphatic carbocycles. The van der Waals surface area contributed by atoms with Crippen LogP contribution in [0, 0.1) is 5.92 Å². The molecule has 0 aromatic heterocycles. The fourth-order valence-corrected chi connectivity index (χ4v) is 4.27. The van der Waals surface area contributed by atoms with E-state index < -0.39 is 5.97 Å². The summed E-state index contributed by atoms with van der Waals surface area (Å²) in [5, 5.41) is 0. The molecule has 1 aliphatic rings. The van der Waals surface area contributed by atoms with Crippen molar-refractivity contribution in [2.45, 2.75) is 57.5 Å². The first kappa shape index (κ1) is 28.0. The Morgan fingerprint density at radius 1 is 0.973 bits per heavy atom. The molecule has 7 nitrogen and oxygen atoms in total. The molecule has 0 bridgehead atoms. The molecule has 0 atom stereocenters. The van der Waals surface area contributed by atoms with Gasteiger partial charge in [-0.1, -0.05) is 18.2 Å². The lowest BCUT2D eigenvalue weighted by Gasteiger charge is -2.27. The van der Waals surface area contributed by atoms with Crippen LogP contribution in [0.1, 0.15) is 56.1 Å². The average Bonchev–Trinajstić information content (AvgIpc) is 2.90. The third kappa shape index (κ3) is 9.77. The van der Waals surface area contributed by atoms with E-state index in [-0.39, 0.29) is 24.6 Å². The van der Waals surface area contributed by atoms with Crippen LogP contribution in [0.5, 0.6) is 5.75 Å². The first-order valence-electron chi connectivity index (χ1n) is 13.0. The third-order valence-corrected chi connectivity index (χ3v) is 6.46. The molecule has 4 N–H and O–H groups in total. The van der Waals surface area contributed by atoms with E-state index in [1.54, 1.807) is 48.5 Å². The summed E-state index contributed by atoms with van der Waals surface area (Å²) < 4.78 is 16.8. The molecule has 198 valence electrons.